The number of carboxylic acids is 1. The van der Waals surface area contributed by atoms with Gasteiger partial charge in [-0.3, -0.25) is 9.59 Å². The summed E-state index contributed by atoms with van der Waals surface area (Å²) in [6, 6.07) is 7.62. The lowest BCUT2D eigenvalue weighted by Gasteiger charge is -2.28. The third-order valence-electron chi connectivity index (χ3n) is 4.16. The number of rotatable bonds is 7. The van der Waals surface area contributed by atoms with Gasteiger partial charge in [0.1, 0.15) is 5.75 Å². The van der Waals surface area contributed by atoms with Gasteiger partial charge in [0.25, 0.3) is 5.91 Å². The van der Waals surface area contributed by atoms with Gasteiger partial charge in [0, 0.05) is 0 Å². The van der Waals surface area contributed by atoms with Crippen LogP contribution < -0.4 is 10.1 Å². The number of nitrogens with one attached hydrogen (secondary N) is 1. The average molecular weight is 305 g/mol. The van der Waals surface area contributed by atoms with E-state index in [2.05, 4.69) is 12.2 Å². The van der Waals surface area contributed by atoms with Crippen molar-refractivity contribution in [3.05, 3.63) is 29.8 Å². The van der Waals surface area contributed by atoms with Crippen molar-refractivity contribution in [2.24, 2.45) is 0 Å². The number of aliphatic carboxylic acids is 1. The minimum Gasteiger partial charge on any atom is -0.484 e. The molecule has 0 aromatic heterocycles. The predicted octanol–water partition coefficient (Wildman–Crippen LogP) is 2.53. The maximum absolute atomic E-state index is 12.1. The van der Waals surface area contributed by atoms with Gasteiger partial charge in [-0.2, -0.15) is 0 Å². The van der Waals surface area contributed by atoms with Crippen LogP contribution in [0.5, 0.6) is 5.75 Å². The van der Waals surface area contributed by atoms with Gasteiger partial charge in [-0.1, -0.05) is 31.9 Å². The van der Waals surface area contributed by atoms with Gasteiger partial charge in [-0.15, -0.1) is 0 Å². The van der Waals surface area contributed by atoms with Crippen LogP contribution in [0.1, 0.15) is 44.6 Å². The van der Waals surface area contributed by atoms with E-state index in [9.17, 15) is 9.59 Å². The quantitative estimate of drug-likeness (QED) is 0.811. The van der Waals surface area contributed by atoms with Crippen molar-refractivity contribution in [3.8, 4) is 5.75 Å². The topological polar surface area (TPSA) is 75.6 Å². The predicted molar refractivity (Wildman–Crippen MR) is 82.9 cm³/mol. The van der Waals surface area contributed by atoms with Gasteiger partial charge in [-0.05, 0) is 37.0 Å². The second-order valence-electron chi connectivity index (χ2n) is 5.89. The van der Waals surface area contributed by atoms with Crippen LogP contribution in [0.4, 0.5) is 0 Å². The standard InChI is InChI=1S/C17H23NO4/c1-2-13-5-7-14(8-6-13)22-12-15(19)18-17(11-16(20)21)9-3-4-10-17/h5-8H,2-4,9-12H2,1H3,(H,18,19)(H,20,21). The van der Waals surface area contributed by atoms with Crippen molar-refractivity contribution in [1.82, 2.24) is 5.32 Å². The first-order valence-corrected chi connectivity index (χ1v) is 7.77. The second kappa shape index (κ2) is 7.29. The molecule has 5 heteroatoms. The molecule has 2 rings (SSSR count). The maximum Gasteiger partial charge on any atom is 0.305 e. The van der Waals surface area contributed by atoms with E-state index in [0.29, 0.717) is 5.75 Å². The zero-order chi connectivity index (χ0) is 16.0. The lowest BCUT2D eigenvalue weighted by atomic mass is 9.93. The molecule has 0 atom stereocenters. The summed E-state index contributed by atoms with van der Waals surface area (Å²) in [5, 5.41) is 11.9. The van der Waals surface area contributed by atoms with E-state index in [4.69, 9.17) is 9.84 Å². The molecule has 1 aromatic rings. The van der Waals surface area contributed by atoms with Crippen molar-refractivity contribution in [2.45, 2.75) is 51.0 Å². The Labute approximate surface area is 130 Å². The highest BCUT2D eigenvalue weighted by molar-refractivity contribution is 5.79. The highest BCUT2D eigenvalue weighted by Crippen LogP contribution is 2.32. The van der Waals surface area contributed by atoms with Gasteiger partial charge >= 0.3 is 5.97 Å². The van der Waals surface area contributed by atoms with E-state index in [1.54, 1.807) is 0 Å². The normalized spacial score (nSPS) is 16.2. The lowest BCUT2D eigenvalue weighted by molar-refractivity contribution is -0.139. The Kier molecular flexibility index (Phi) is 5.41. The molecule has 1 amide bonds. The molecule has 1 fully saturated rings. The van der Waals surface area contributed by atoms with Gasteiger partial charge < -0.3 is 15.2 Å². The highest BCUT2D eigenvalue weighted by Gasteiger charge is 2.37. The molecule has 120 valence electrons. The van der Waals surface area contributed by atoms with Crippen molar-refractivity contribution < 1.29 is 19.4 Å². The largest absolute Gasteiger partial charge is 0.484 e. The number of benzene rings is 1. The summed E-state index contributed by atoms with van der Waals surface area (Å²) in [5.74, 6) is -0.493. The summed E-state index contributed by atoms with van der Waals surface area (Å²) < 4.78 is 5.47. The van der Waals surface area contributed by atoms with E-state index in [-0.39, 0.29) is 18.9 Å². The van der Waals surface area contributed by atoms with Crippen molar-refractivity contribution in [2.75, 3.05) is 6.61 Å². The lowest BCUT2D eigenvalue weighted by Crippen LogP contribution is -2.49. The third-order valence-corrected chi connectivity index (χ3v) is 4.16. The molecule has 0 saturated heterocycles. The zero-order valence-electron chi connectivity index (χ0n) is 12.9. The first kappa shape index (κ1) is 16.3. The first-order valence-electron chi connectivity index (χ1n) is 7.77. The van der Waals surface area contributed by atoms with Crippen LogP contribution in [0, 0.1) is 0 Å². The smallest absolute Gasteiger partial charge is 0.305 e. The van der Waals surface area contributed by atoms with Gasteiger partial charge in [0.2, 0.25) is 0 Å². The fourth-order valence-electron chi connectivity index (χ4n) is 2.99. The number of hydrogen-bond acceptors (Lipinski definition) is 3. The Balaban J connectivity index is 1.86. The summed E-state index contributed by atoms with van der Waals surface area (Å²) in [7, 11) is 0. The summed E-state index contributed by atoms with van der Waals surface area (Å²) in [6.07, 6.45) is 4.27. The summed E-state index contributed by atoms with van der Waals surface area (Å²) in [6.45, 7) is 1.99. The molecule has 2 N–H and O–H groups in total. The number of carboxylic acid groups (broad SMARTS) is 1. The number of ether oxygens (including phenoxy) is 1. The molecule has 0 radical (unpaired) electrons. The number of carbonyl (C=O) groups is 2. The van der Waals surface area contributed by atoms with Gasteiger partial charge in [0.05, 0.1) is 12.0 Å². The molecule has 0 spiro atoms. The number of hydrogen-bond donors (Lipinski definition) is 2. The molecule has 0 unspecified atom stereocenters. The molecule has 1 saturated carbocycles. The molecule has 1 aromatic carbocycles. The second-order valence-corrected chi connectivity index (χ2v) is 5.89. The van der Waals surface area contributed by atoms with Crippen molar-refractivity contribution in [1.29, 1.82) is 0 Å². The Hall–Kier alpha value is -2.04. The third kappa shape index (κ3) is 4.48. The number of aryl methyl sites for hydroxylation is 1. The summed E-state index contributed by atoms with van der Waals surface area (Å²) in [5.41, 5.74) is 0.612. The van der Waals surface area contributed by atoms with E-state index in [1.807, 2.05) is 24.3 Å². The first-order chi connectivity index (χ1) is 10.5. The monoisotopic (exact) mass is 305 g/mol. The van der Waals surface area contributed by atoms with Crippen molar-refractivity contribution >= 4 is 11.9 Å². The number of carbonyl (C=O) groups excluding carboxylic acids is 1. The van der Waals surface area contributed by atoms with Gasteiger partial charge in [-0.25, -0.2) is 0 Å². The van der Waals surface area contributed by atoms with Crippen molar-refractivity contribution in [3.63, 3.8) is 0 Å². The van der Waals surface area contributed by atoms with Crippen LogP contribution in [0.15, 0.2) is 24.3 Å². The SMILES string of the molecule is CCc1ccc(OCC(=O)NC2(CC(=O)O)CCCC2)cc1. The van der Waals surface area contributed by atoms with Crippen LogP contribution in [0.3, 0.4) is 0 Å². The van der Waals surface area contributed by atoms with Crippen LogP contribution in [0.25, 0.3) is 0 Å². The Bertz CT molecular complexity index is 518. The van der Waals surface area contributed by atoms with E-state index >= 15 is 0 Å². The zero-order valence-corrected chi connectivity index (χ0v) is 12.9. The molecule has 5 nitrogen and oxygen atoms in total. The minimum absolute atomic E-state index is 0.0239. The maximum atomic E-state index is 12.1. The van der Waals surface area contributed by atoms with Gasteiger partial charge in [0.15, 0.2) is 6.61 Å². The molecule has 22 heavy (non-hydrogen) atoms. The molecule has 0 heterocycles. The number of amides is 1. The van der Waals surface area contributed by atoms with E-state index in [1.165, 1.54) is 5.56 Å². The Morgan fingerprint density at radius 2 is 1.86 bits per heavy atom. The molecule has 0 aliphatic heterocycles. The fourth-order valence-corrected chi connectivity index (χ4v) is 2.99. The Morgan fingerprint density at radius 1 is 1.23 bits per heavy atom. The summed E-state index contributed by atoms with van der Waals surface area (Å²) in [4.78, 5) is 23.1. The van der Waals surface area contributed by atoms with Crippen LogP contribution in [-0.4, -0.2) is 29.1 Å². The molecular formula is C17H23NO4. The summed E-state index contributed by atoms with van der Waals surface area (Å²) >= 11 is 0. The highest BCUT2D eigenvalue weighted by atomic mass is 16.5. The van der Waals surface area contributed by atoms with Crippen LogP contribution >= 0.6 is 0 Å². The molecular weight excluding hydrogens is 282 g/mol. The van der Waals surface area contributed by atoms with E-state index in [0.717, 1.165) is 32.1 Å². The minimum atomic E-state index is -0.877. The molecule has 0 bridgehead atoms. The van der Waals surface area contributed by atoms with Crippen LogP contribution in [0.2, 0.25) is 0 Å². The van der Waals surface area contributed by atoms with E-state index < -0.39 is 11.5 Å². The Morgan fingerprint density at radius 3 is 2.41 bits per heavy atom. The molecule has 1 aliphatic rings. The fraction of sp³-hybridized carbons (Fsp3) is 0.529. The van der Waals surface area contributed by atoms with Crippen LogP contribution in [-0.2, 0) is 16.0 Å². The average Bonchev–Trinajstić information content (AvgIpc) is 2.92. The molecule has 1 aliphatic carbocycles.